The van der Waals surface area contributed by atoms with Crippen LogP contribution in [0.1, 0.15) is 24.2 Å². The van der Waals surface area contributed by atoms with Gasteiger partial charge >= 0.3 is 5.97 Å². The van der Waals surface area contributed by atoms with E-state index in [0.29, 0.717) is 11.5 Å². The van der Waals surface area contributed by atoms with E-state index >= 15 is 0 Å². The first-order chi connectivity index (χ1) is 12.7. The summed E-state index contributed by atoms with van der Waals surface area (Å²) in [6.07, 6.45) is 0. The lowest BCUT2D eigenvalue weighted by molar-refractivity contribution is -0.161. The molecule has 0 aliphatic carbocycles. The third-order valence-corrected chi connectivity index (χ3v) is 6.40. The van der Waals surface area contributed by atoms with Gasteiger partial charge in [-0.05, 0) is 12.1 Å². The number of hydrogen-bond acceptors (Lipinski definition) is 6. The highest BCUT2D eigenvalue weighted by molar-refractivity contribution is 7.81. The van der Waals surface area contributed by atoms with Crippen molar-refractivity contribution in [1.29, 1.82) is 0 Å². The highest BCUT2D eigenvalue weighted by atomic mass is 32.1. The van der Waals surface area contributed by atoms with Crippen LogP contribution in [-0.4, -0.2) is 65.4 Å². The van der Waals surface area contributed by atoms with Crippen molar-refractivity contribution in [2.75, 3.05) is 14.2 Å². The van der Waals surface area contributed by atoms with Gasteiger partial charge in [-0.3, -0.25) is 9.59 Å². The fourth-order valence-corrected chi connectivity index (χ4v) is 4.46. The van der Waals surface area contributed by atoms with E-state index in [9.17, 15) is 19.5 Å². The van der Waals surface area contributed by atoms with E-state index < -0.39 is 46.6 Å². The summed E-state index contributed by atoms with van der Waals surface area (Å²) in [5, 5.41) is 11.8. The Hall–Kier alpha value is -2.42. The smallest absolute Gasteiger partial charge is 0.327 e. The Bertz CT molecular complexity index is 789. The molecule has 0 aromatic heterocycles. The molecule has 4 atom stereocenters. The van der Waals surface area contributed by atoms with E-state index in [4.69, 9.17) is 9.47 Å². The number of carboxylic acids is 1. The summed E-state index contributed by atoms with van der Waals surface area (Å²) in [7, 11) is 2.87. The molecule has 4 unspecified atom stereocenters. The minimum absolute atomic E-state index is 0.177. The van der Waals surface area contributed by atoms with Crippen molar-refractivity contribution in [2.24, 2.45) is 5.41 Å². The Labute approximate surface area is 162 Å². The van der Waals surface area contributed by atoms with E-state index in [-0.39, 0.29) is 5.56 Å². The number of thiol groups is 1. The number of methoxy groups -OCH3 is 2. The van der Waals surface area contributed by atoms with Crippen LogP contribution < -0.4 is 14.8 Å². The maximum atomic E-state index is 12.8. The predicted octanol–water partition coefficient (Wildman–Crippen LogP) is 0.804. The number of carbonyl (C=O) groups is 3. The average Bonchev–Trinajstić information content (AvgIpc) is 2.82. The summed E-state index contributed by atoms with van der Waals surface area (Å²) in [6.45, 7) is 3.52. The van der Waals surface area contributed by atoms with Gasteiger partial charge in [0.1, 0.15) is 29.1 Å². The number of benzene rings is 1. The molecule has 3 rings (SSSR count). The lowest BCUT2D eigenvalue weighted by Crippen LogP contribution is -2.72. The Balaban J connectivity index is 1.88. The number of carbonyl (C=O) groups excluding carboxylic acids is 2. The molecule has 2 aliphatic rings. The molecule has 2 heterocycles. The molecule has 9 heteroatoms. The number of β-lactam (4-membered cyclic amide) rings is 1. The van der Waals surface area contributed by atoms with Gasteiger partial charge in [0.15, 0.2) is 0 Å². The van der Waals surface area contributed by atoms with Crippen LogP contribution in [0.15, 0.2) is 18.2 Å². The van der Waals surface area contributed by atoms with Crippen LogP contribution in [-0.2, 0) is 9.59 Å². The Morgan fingerprint density at radius 2 is 1.78 bits per heavy atom. The first-order valence-corrected chi connectivity index (χ1v) is 8.93. The lowest BCUT2D eigenvalue weighted by atomic mass is 9.82. The standard InChI is InChI=1S/C18H22N2O6S/c1-18(2)13(17(23)24)20-12(14(18)27)11(16(20)22)19-15(21)10-8(25-3)6-5-7-9(10)26-4/h5-7,11-14,27H,1-4H3,(H,19,21)(H,23,24). The highest BCUT2D eigenvalue weighted by Crippen LogP contribution is 2.49. The van der Waals surface area contributed by atoms with E-state index in [1.807, 2.05) is 0 Å². The highest BCUT2D eigenvalue weighted by Gasteiger charge is 2.67. The van der Waals surface area contributed by atoms with Gasteiger partial charge in [0.25, 0.3) is 5.91 Å². The van der Waals surface area contributed by atoms with Gasteiger partial charge in [-0.2, -0.15) is 12.6 Å². The van der Waals surface area contributed by atoms with Crippen LogP contribution in [0.3, 0.4) is 0 Å². The van der Waals surface area contributed by atoms with Crippen molar-refractivity contribution >= 4 is 30.4 Å². The molecule has 2 aliphatic heterocycles. The van der Waals surface area contributed by atoms with Crippen molar-refractivity contribution in [2.45, 2.75) is 37.2 Å². The van der Waals surface area contributed by atoms with Gasteiger partial charge in [0, 0.05) is 10.7 Å². The molecular weight excluding hydrogens is 372 g/mol. The second-order valence-electron chi connectivity index (χ2n) is 7.23. The molecule has 2 N–H and O–H groups in total. The number of carboxylic acid groups (broad SMARTS) is 1. The number of fused-ring (bicyclic) bond motifs is 1. The molecule has 1 aromatic rings. The summed E-state index contributed by atoms with van der Waals surface area (Å²) in [6, 6.07) is 2.59. The van der Waals surface area contributed by atoms with Crippen molar-refractivity contribution in [3.63, 3.8) is 0 Å². The molecule has 0 spiro atoms. The second kappa shape index (κ2) is 6.63. The number of aliphatic carboxylic acids is 1. The molecule has 2 saturated heterocycles. The largest absolute Gasteiger partial charge is 0.496 e. The van der Waals surface area contributed by atoms with Crippen molar-refractivity contribution in [3.8, 4) is 11.5 Å². The quantitative estimate of drug-likeness (QED) is 0.504. The number of ether oxygens (including phenoxy) is 2. The number of nitrogens with zero attached hydrogens (tertiary/aromatic N) is 1. The van der Waals surface area contributed by atoms with Gasteiger partial charge in [-0.25, -0.2) is 4.79 Å². The normalized spacial score (nSPS) is 28.2. The molecular formula is C18H22N2O6S. The first kappa shape index (κ1) is 19.3. The molecule has 27 heavy (non-hydrogen) atoms. The minimum atomic E-state index is -1.08. The van der Waals surface area contributed by atoms with Crippen LogP contribution in [0, 0.1) is 5.41 Å². The predicted molar refractivity (Wildman–Crippen MR) is 99.4 cm³/mol. The Kier molecular flexibility index (Phi) is 4.75. The minimum Gasteiger partial charge on any atom is -0.496 e. The third-order valence-electron chi connectivity index (χ3n) is 5.43. The van der Waals surface area contributed by atoms with Crippen LogP contribution in [0.4, 0.5) is 0 Å². The second-order valence-corrected chi connectivity index (χ2v) is 7.79. The van der Waals surface area contributed by atoms with E-state index in [1.165, 1.54) is 19.1 Å². The van der Waals surface area contributed by atoms with Crippen LogP contribution in [0.5, 0.6) is 11.5 Å². The maximum absolute atomic E-state index is 12.8. The number of hydrogen-bond donors (Lipinski definition) is 3. The maximum Gasteiger partial charge on any atom is 0.327 e. The Morgan fingerprint density at radius 1 is 1.22 bits per heavy atom. The lowest BCUT2D eigenvalue weighted by Gasteiger charge is -2.45. The van der Waals surface area contributed by atoms with Crippen molar-refractivity contribution in [3.05, 3.63) is 23.8 Å². The van der Waals surface area contributed by atoms with Crippen molar-refractivity contribution < 1.29 is 29.0 Å². The summed E-state index contributed by atoms with van der Waals surface area (Å²) in [5.41, 5.74) is -0.562. The fourth-order valence-electron chi connectivity index (χ4n) is 4.00. The molecule has 0 saturated carbocycles. The summed E-state index contributed by atoms with van der Waals surface area (Å²) in [5.74, 6) is -1.41. The van der Waals surface area contributed by atoms with Gasteiger partial charge in [0.05, 0.1) is 20.3 Å². The van der Waals surface area contributed by atoms with Gasteiger partial charge < -0.3 is 24.8 Å². The van der Waals surface area contributed by atoms with Crippen molar-refractivity contribution in [1.82, 2.24) is 10.2 Å². The number of rotatable bonds is 5. The topological polar surface area (TPSA) is 105 Å². The average molecular weight is 394 g/mol. The summed E-state index contributed by atoms with van der Waals surface area (Å²) in [4.78, 5) is 38.4. The van der Waals surface area contributed by atoms with Gasteiger partial charge in [-0.1, -0.05) is 19.9 Å². The van der Waals surface area contributed by atoms with Gasteiger partial charge in [-0.15, -0.1) is 0 Å². The zero-order valence-corrected chi connectivity index (χ0v) is 16.3. The van der Waals surface area contributed by atoms with E-state index in [0.717, 1.165) is 0 Å². The number of nitrogens with one attached hydrogen (secondary N) is 1. The molecule has 0 bridgehead atoms. The van der Waals surface area contributed by atoms with Crippen LogP contribution in [0.25, 0.3) is 0 Å². The summed E-state index contributed by atoms with van der Waals surface area (Å²) < 4.78 is 10.5. The molecule has 146 valence electrons. The Morgan fingerprint density at radius 3 is 2.26 bits per heavy atom. The fraction of sp³-hybridized carbons (Fsp3) is 0.500. The summed E-state index contributed by atoms with van der Waals surface area (Å²) >= 11 is 4.56. The zero-order valence-electron chi connectivity index (χ0n) is 15.4. The molecule has 2 amide bonds. The van der Waals surface area contributed by atoms with Crippen LogP contribution in [0.2, 0.25) is 0 Å². The van der Waals surface area contributed by atoms with Gasteiger partial charge in [0.2, 0.25) is 5.91 Å². The molecule has 1 aromatic carbocycles. The molecule has 2 fully saturated rings. The monoisotopic (exact) mass is 394 g/mol. The SMILES string of the molecule is COc1cccc(OC)c1C(=O)NC1C(=O)N2C1C(S)C(C)(C)C2C(=O)O. The third kappa shape index (κ3) is 2.72. The number of amides is 2. The molecule has 0 radical (unpaired) electrons. The first-order valence-electron chi connectivity index (χ1n) is 8.41. The van der Waals surface area contributed by atoms with E-state index in [2.05, 4.69) is 17.9 Å². The zero-order chi connectivity index (χ0) is 20.1. The van der Waals surface area contributed by atoms with E-state index in [1.54, 1.807) is 32.0 Å². The molecule has 8 nitrogen and oxygen atoms in total. The van der Waals surface area contributed by atoms with Crippen LogP contribution >= 0.6 is 12.6 Å².